The smallest absolute Gasteiger partial charge is 0.549 e. The Morgan fingerprint density at radius 3 is 2.42 bits per heavy atom. The molecule has 0 radical (unpaired) electrons. The number of unbranched alkanes of at least 4 members (excludes halogenated alkanes) is 3. The van der Waals surface area contributed by atoms with Crippen LogP contribution in [0.1, 0.15) is 39.0 Å². The van der Waals surface area contributed by atoms with Crippen LogP contribution in [0.3, 0.4) is 0 Å². The van der Waals surface area contributed by atoms with Gasteiger partial charge in [-0.05, 0) is 6.42 Å². The zero-order valence-electron chi connectivity index (χ0n) is 7.81. The third-order valence-electron chi connectivity index (χ3n) is 1.57. The molecular weight excluding hydrogens is 231 g/mol. The summed E-state index contributed by atoms with van der Waals surface area (Å²) in [5.41, 5.74) is 0. The molecule has 1 unspecified atom stereocenters. The van der Waals surface area contributed by atoms with E-state index in [-0.39, 0.29) is 29.6 Å². The monoisotopic (exact) mass is 244 g/mol. The van der Waals surface area contributed by atoms with Gasteiger partial charge in [0.15, 0.2) is 0 Å². The summed E-state index contributed by atoms with van der Waals surface area (Å²) in [5.74, 6) is -0.999. The Balaban J connectivity index is 0. The molecule has 0 aromatic rings. The van der Waals surface area contributed by atoms with E-state index >= 15 is 0 Å². The van der Waals surface area contributed by atoms with Gasteiger partial charge in [0.25, 0.3) is 0 Å². The van der Waals surface area contributed by atoms with Gasteiger partial charge >= 0.3 is 29.6 Å². The molecule has 0 N–H and O–H groups in total. The van der Waals surface area contributed by atoms with Crippen molar-refractivity contribution in [2.24, 2.45) is 0 Å². The SMILES string of the molecule is CCCCCCC(Br)C(=O)[O-].[Na+]. The van der Waals surface area contributed by atoms with Crippen LogP contribution in [0.4, 0.5) is 0 Å². The molecule has 0 aromatic heterocycles. The van der Waals surface area contributed by atoms with Gasteiger partial charge in [0.2, 0.25) is 0 Å². The average molecular weight is 245 g/mol. The molecule has 2 nitrogen and oxygen atoms in total. The van der Waals surface area contributed by atoms with Crippen molar-refractivity contribution in [2.75, 3.05) is 0 Å². The standard InChI is InChI=1S/C8H15BrO2.Na/c1-2-3-4-5-6-7(9)8(10)11;/h7H,2-6H2,1H3,(H,10,11);/q;+1/p-1. The fraction of sp³-hybridized carbons (Fsp3) is 0.875. The number of hydrogen-bond acceptors (Lipinski definition) is 2. The second kappa shape index (κ2) is 10.0. The van der Waals surface area contributed by atoms with Crippen molar-refractivity contribution in [2.45, 2.75) is 43.9 Å². The molecule has 0 heterocycles. The van der Waals surface area contributed by atoms with E-state index in [0.717, 1.165) is 12.8 Å². The summed E-state index contributed by atoms with van der Waals surface area (Å²) in [4.78, 5) is 9.75. The molecule has 0 bridgehead atoms. The Morgan fingerprint density at radius 1 is 1.42 bits per heavy atom. The molecule has 66 valence electrons. The van der Waals surface area contributed by atoms with E-state index in [9.17, 15) is 9.90 Å². The van der Waals surface area contributed by atoms with Crippen molar-refractivity contribution in [1.29, 1.82) is 0 Å². The Morgan fingerprint density at radius 2 is 2.00 bits per heavy atom. The van der Waals surface area contributed by atoms with E-state index in [1.807, 2.05) is 0 Å². The van der Waals surface area contributed by atoms with Crippen LogP contribution in [-0.2, 0) is 4.79 Å². The number of carbonyl (C=O) groups excluding carboxylic acids is 1. The maximum absolute atomic E-state index is 10.2. The third kappa shape index (κ3) is 9.04. The fourth-order valence-corrected chi connectivity index (χ4v) is 1.19. The number of carboxylic acid groups (broad SMARTS) is 1. The van der Waals surface area contributed by atoms with Crippen molar-refractivity contribution in [1.82, 2.24) is 0 Å². The molecule has 0 aliphatic heterocycles. The summed E-state index contributed by atoms with van der Waals surface area (Å²) < 4.78 is 0. The number of alkyl halides is 1. The molecule has 0 aromatic carbocycles. The number of hydrogen-bond donors (Lipinski definition) is 0. The van der Waals surface area contributed by atoms with Gasteiger partial charge < -0.3 is 9.90 Å². The maximum atomic E-state index is 10.2. The average Bonchev–Trinajstić information content (AvgIpc) is 1.97. The number of rotatable bonds is 6. The van der Waals surface area contributed by atoms with Crippen LogP contribution < -0.4 is 34.7 Å². The Kier molecular flexibility index (Phi) is 12.9. The predicted octanol–water partition coefficient (Wildman–Crippen LogP) is -1.53. The minimum absolute atomic E-state index is 0. The van der Waals surface area contributed by atoms with Crippen molar-refractivity contribution in [3.63, 3.8) is 0 Å². The van der Waals surface area contributed by atoms with Gasteiger partial charge in [-0.15, -0.1) is 0 Å². The van der Waals surface area contributed by atoms with E-state index < -0.39 is 10.8 Å². The van der Waals surface area contributed by atoms with E-state index in [4.69, 9.17) is 0 Å². The summed E-state index contributed by atoms with van der Waals surface area (Å²) in [6.45, 7) is 2.13. The van der Waals surface area contributed by atoms with E-state index in [2.05, 4.69) is 22.9 Å². The molecule has 1 atom stereocenters. The largest absolute Gasteiger partial charge is 1.00 e. The van der Waals surface area contributed by atoms with Crippen molar-refractivity contribution < 1.29 is 39.5 Å². The van der Waals surface area contributed by atoms with Crippen molar-refractivity contribution >= 4 is 21.9 Å². The Labute approximate surface area is 105 Å². The van der Waals surface area contributed by atoms with Crippen LogP contribution in [0.5, 0.6) is 0 Å². The van der Waals surface area contributed by atoms with Crippen LogP contribution in [0.2, 0.25) is 0 Å². The number of carbonyl (C=O) groups is 1. The summed E-state index contributed by atoms with van der Waals surface area (Å²) in [6.07, 6.45) is 5.14. The molecule has 0 aliphatic rings. The van der Waals surface area contributed by atoms with E-state index in [0.29, 0.717) is 6.42 Å². The van der Waals surface area contributed by atoms with Crippen LogP contribution in [0.15, 0.2) is 0 Å². The first kappa shape index (κ1) is 15.4. The van der Waals surface area contributed by atoms with E-state index in [1.54, 1.807) is 0 Å². The van der Waals surface area contributed by atoms with Gasteiger partial charge in [0, 0.05) is 0 Å². The topological polar surface area (TPSA) is 40.1 Å². The van der Waals surface area contributed by atoms with Crippen LogP contribution >= 0.6 is 15.9 Å². The number of halogens is 1. The molecule has 0 aliphatic carbocycles. The van der Waals surface area contributed by atoms with Crippen LogP contribution in [0.25, 0.3) is 0 Å². The molecule has 0 saturated carbocycles. The van der Waals surface area contributed by atoms with Crippen molar-refractivity contribution in [3.8, 4) is 0 Å². The van der Waals surface area contributed by atoms with Crippen LogP contribution in [-0.4, -0.2) is 10.8 Å². The van der Waals surface area contributed by atoms with Crippen LogP contribution in [0, 0.1) is 0 Å². The summed E-state index contributed by atoms with van der Waals surface area (Å²) in [6, 6.07) is 0. The van der Waals surface area contributed by atoms with Gasteiger partial charge in [-0.2, -0.15) is 0 Å². The Hall–Kier alpha value is 0.950. The van der Waals surface area contributed by atoms with Gasteiger partial charge in [-0.1, -0.05) is 48.5 Å². The predicted molar refractivity (Wildman–Crippen MR) is 46.5 cm³/mol. The second-order valence-corrected chi connectivity index (χ2v) is 3.74. The van der Waals surface area contributed by atoms with Gasteiger partial charge in [0.05, 0.1) is 10.8 Å². The summed E-state index contributed by atoms with van der Waals surface area (Å²) in [5, 5.41) is 10.2. The molecule has 0 amide bonds. The van der Waals surface area contributed by atoms with E-state index in [1.165, 1.54) is 12.8 Å². The minimum atomic E-state index is -0.999. The zero-order chi connectivity index (χ0) is 8.69. The summed E-state index contributed by atoms with van der Waals surface area (Å²) >= 11 is 3.03. The molecule has 4 heteroatoms. The molecule has 0 fully saturated rings. The molecule has 12 heavy (non-hydrogen) atoms. The van der Waals surface area contributed by atoms with Gasteiger partial charge in [-0.3, -0.25) is 0 Å². The minimum Gasteiger partial charge on any atom is -0.549 e. The fourth-order valence-electron chi connectivity index (χ4n) is 0.868. The first-order chi connectivity index (χ1) is 5.18. The second-order valence-electron chi connectivity index (χ2n) is 2.64. The molecular formula is C8H14BrNaO2. The van der Waals surface area contributed by atoms with Gasteiger partial charge in [-0.25, -0.2) is 0 Å². The normalized spacial score (nSPS) is 11.8. The first-order valence-corrected chi connectivity index (χ1v) is 4.95. The third-order valence-corrected chi connectivity index (χ3v) is 2.40. The van der Waals surface area contributed by atoms with Crippen molar-refractivity contribution in [3.05, 3.63) is 0 Å². The quantitative estimate of drug-likeness (QED) is 0.324. The number of carboxylic acids is 1. The zero-order valence-corrected chi connectivity index (χ0v) is 11.4. The number of aliphatic carboxylic acids is 1. The molecule has 0 rings (SSSR count). The molecule has 0 saturated heterocycles. The summed E-state index contributed by atoms with van der Waals surface area (Å²) in [7, 11) is 0. The first-order valence-electron chi connectivity index (χ1n) is 4.03. The Bertz CT molecular complexity index is 120. The molecule has 0 spiro atoms. The van der Waals surface area contributed by atoms with Gasteiger partial charge in [0.1, 0.15) is 0 Å². The maximum Gasteiger partial charge on any atom is 1.00 e.